The zero-order chi connectivity index (χ0) is 18.2. The summed E-state index contributed by atoms with van der Waals surface area (Å²) >= 11 is 0. The van der Waals surface area contributed by atoms with Crippen molar-refractivity contribution in [2.75, 3.05) is 18.1 Å². The van der Waals surface area contributed by atoms with Gasteiger partial charge >= 0.3 is 5.97 Å². The fraction of sp³-hybridized carbons (Fsp3) is 0.412. The second-order valence-electron chi connectivity index (χ2n) is 6.19. The Morgan fingerprint density at radius 1 is 1.36 bits per heavy atom. The smallest absolute Gasteiger partial charge is 0.374 e. The lowest BCUT2D eigenvalue weighted by molar-refractivity contribution is 0.0443. The van der Waals surface area contributed by atoms with Crippen molar-refractivity contribution >= 4 is 21.6 Å². The third-order valence-electron chi connectivity index (χ3n) is 4.42. The average molecular weight is 365 g/mol. The zero-order valence-electron chi connectivity index (χ0n) is 14.0. The molecule has 3 rings (SSSR count). The first-order valence-corrected chi connectivity index (χ1v) is 9.73. The predicted octanol–water partition coefficient (Wildman–Crippen LogP) is 2.10. The van der Waals surface area contributed by atoms with Crippen molar-refractivity contribution < 1.29 is 27.2 Å². The topological polar surface area (TPSA) is 95.6 Å². The molecule has 1 aliphatic heterocycles. The number of esters is 1. The van der Waals surface area contributed by atoms with Gasteiger partial charge in [0.1, 0.15) is 0 Å². The predicted molar refractivity (Wildman–Crippen MR) is 89.5 cm³/mol. The molecule has 2 aromatic heterocycles. The number of nitrogens with zero attached hydrogens (tertiary/aromatic N) is 1. The van der Waals surface area contributed by atoms with E-state index in [2.05, 4.69) is 0 Å². The summed E-state index contributed by atoms with van der Waals surface area (Å²) in [4.78, 5) is 24.1. The van der Waals surface area contributed by atoms with Crippen molar-refractivity contribution in [1.82, 2.24) is 4.57 Å². The van der Waals surface area contributed by atoms with E-state index in [0.717, 1.165) is 5.69 Å². The van der Waals surface area contributed by atoms with E-state index in [1.54, 1.807) is 19.1 Å². The van der Waals surface area contributed by atoms with Gasteiger partial charge in [-0.2, -0.15) is 0 Å². The highest BCUT2D eigenvalue weighted by Crippen LogP contribution is 2.29. The van der Waals surface area contributed by atoms with E-state index >= 15 is 0 Å². The summed E-state index contributed by atoms with van der Waals surface area (Å²) in [7, 11) is -3.02. The summed E-state index contributed by atoms with van der Waals surface area (Å²) in [5.41, 5.74) is 1.95. The van der Waals surface area contributed by atoms with Gasteiger partial charge in [-0.15, -0.1) is 0 Å². The van der Waals surface area contributed by atoms with Crippen LogP contribution in [0.3, 0.4) is 0 Å². The van der Waals surface area contributed by atoms with Crippen molar-refractivity contribution in [2.45, 2.75) is 26.3 Å². The molecule has 2 aromatic rings. The Labute approximate surface area is 145 Å². The van der Waals surface area contributed by atoms with E-state index in [0.29, 0.717) is 17.7 Å². The van der Waals surface area contributed by atoms with Crippen LogP contribution in [-0.2, 0) is 14.6 Å². The zero-order valence-corrected chi connectivity index (χ0v) is 14.8. The summed E-state index contributed by atoms with van der Waals surface area (Å²) in [5, 5.41) is 0. The van der Waals surface area contributed by atoms with Gasteiger partial charge < -0.3 is 13.7 Å². The van der Waals surface area contributed by atoms with Gasteiger partial charge in [0.05, 0.1) is 17.8 Å². The molecule has 1 saturated heterocycles. The highest BCUT2D eigenvalue weighted by Gasteiger charge is 2.31. The standard InChI is InChI=1S/C17H19NO6S/c1-11-8-14(12(2)18(11)13-5-7-25(21,22)10-13)15(19)9-24-17(20)16-4-3-6-23-16/h3-4,6,8,13H,5,7,9-10H2,1-2H3. The van der Waals surface area contributed by atoms with Crippen molar-refractivity contribution in [3.05, 3.63) is 47.2 Å². The second kappa shape index (κ2) is 6.51. The molecule has 1 unspecified atom stereocenters. The monoisotopic (exact) mass is 365 g/mol. The van der Waals surface area contributed by atoms with Gasteiger partial charge in [0.2, 0.25) is 11.5 Å². The Morgan fingerprint density at radius 3 is 2.72 bits per heavy atom. The Balaban J connectivity index is 1.73. The van der Waals surface area contributed by atoms with Crippen LogP contribution in [0, 0.1) is 13.8 Å². The Hall–Kier alpha value is -2.35. The first kappa shape index (κ1) is 17.5. The summed E-state index contributed by atoms with van der Waals surface area (Å²) < 4.78 is 35.2. The summed E-state index contributed by atoms with van der Waals surface area (Å²) in [6.07, 6.45) is 1.89. The minimum absolute atomic E-state index is 0.0365. The molecule has 134 valence electrons. The van der Waals surface area contributed by atoms with Crippen LogP contribution in [0.15, 0.2) is 28.9 Å². The number of rotatable bonds is 5. The van der Waals surface area contributed by atoms with E-state index < -0.39 is 22.4 Å². The van der Waals surface area contributed by atoms with Crippen molar-refractivity contribution in [3.8, 4) is 0 Å². The van der Waals surface area contributed by atoms with E-state index in [4.69, 9.17) is 9.15 Å². The molecular weight excluding hydrogens is 346 g/mol. The number of aromatic nitrogens is 1. The molecule has 0 N–H and O–H groups in total. The number of carbonyl (C=O) groups excluding carboxylic acids is 2. The molecule has 25 heavy (non-hydrogen) atoms. The molecule has 1 fully saturated rings. The molecule has 0 aromatic carbocycles. The van der Waals surface area contributed by atoms with Crippen LogP contribution in [0.1, 0.15) is 44.8 Å². The van der Waals surface area contributed by atoms with Gasteiger partial charge in [0.25, 0.3) is 0 Å². The molecule has 0 bridgehead atoms. The molecular formula is C17H19NO6S. The summed E-state index contributed by atoms with van der Waals surface area (Å²) in [5.74, 6) is -0.743. The van der Waals surface area contributed by atoms with E-state index in [1.165, 1.54) is 12.3 Å². The number of ether oxygens (including phenoxy) is 1. The highest BCUT2D eigenvalue weighted by atomic mass is 32.2. The van der Waals surface area contributed by atoms with E-state index in [9.17, 15) is 18.0 Å². The Kier molecular flexibility index (Phi) is 4.55. The van der Waals surface area contributed by atoms with Crippen LogP contribution in [0.2, 0.25) is 0 Å². The molecule has 0 saturated carbocycles. The van der Waals surface area contributed by atoms with Gasteiger partial charge in [0, 0.05) is 23.0 Å². The SMILES string of the molecule is Cc1cc(C(=O)COC(=O)c2ccco2)c(C)n1C1CCS(=O)(=O)C1. The third-order valence-corrected chi connectivity index (χ3v) is 6.17. The normalized spacial score (nSPS) is 19.0. The fourth-order valence-electron chi connectivity index (χ4n) is 3.27. The van der Waals surface area contributed by atoms with Crippen LogP contribution >= 0.6 is 0 Å². The molecule has 1 atom stereocenters. The number of hydrogen-bond acceptors (Lipinski definition) is 6. The van der Waals surface area contributed by atoms with Crippen LogP contribution < -0.4 is 0 Å². The molecule has 0 aliphatic carbocycles. The first-order chi connectivity index (χ1) is 11.8. The molecule has 1 aliphatic rings. The fourth-order valence-corrected chi connectivity index (χ4v) is 4.97. The minimum Gasteiger partial charge on any atom is -0.457 e. The number of Topliss-reactive ketones (excluding diaryl/α,β-unsaturated/α-hetero) is 1. The largest absolute Gasteiger partial charge is 0.457 e. The van der Waals surface area contributed by atoms with Crippen LogP contribution in [0.5, 0.6) is 0 Å². The third kappa shape index (κ3) is 3.53. The van der Waals surface area contributed by atoms with Gasteiger partial charge in [0.15, 0.2) is 16.4 Å². The van der Waals surface area contributed by atoms with Gasteiger partial charge in [-0.3, -0.25) is 4.79 Å². The maximum atomic E-state index is 12.4. The molecule has 0 radical (unpaired) electrons. The average Bonchev–Trinajstić information content (AvgIpc) is 3.25. The Morgan fingerprint density at radius 2 is 2.12 bits per heavy atom. The minimum atomic E-state index is -3.02. The molecule has 0 amide bonds. The Bertz CT molecular complexity index is 907. The van der Waals surface area contributed by atoms with Crippen molar-refractivity contribution in [3.63, 3.8) is 0 Å². The lowest BCUT2D eigenvalue weighted by Crippen LogP contribution is -2.16. The number of ketones is 1. The number of hydrogen-bond donors (Lipinski definition) is 0. The number of aryl methyl sites for hydroxylation is 1. The summed E-state index contributed by atoms with van der Waals surface area (Å²) in [6.45, 7) is 3.22. The molecule has 3 heterocycles. The van der Waals surface area contributed by atoms with E-state index in [1.807, 2.05) is 11.5 Å². The van der Waals surface area contributed by atoms with Gasteiger partial charge in [-0.05, 0) is 38.5 Å². The first-order valence-electron chi connectivity index (χ1n) is 7.91. The number of sulfone groups is 1. The van der Waals surface area contributed by atoms with Gasteiger partial charge in [-0.1, -0.05) is 0 Å². The maximum Gasteiger partial charge on any atom is 0.374 e. The lowest BCUT2D eigenvalue weighted by Gasteiger charge is -2.16. The molecule has 8 heteroatoms. The number of furan rings is 1. The second-order valence-corrected chi connectivity index (χ2v) is 8.42. The van der Waals surface area contributed by atoms with Crippen LogP contribution in [-0.4, -0.2) is 42.9 Å². The molecule has 7 nitrogen and oxygen atoms in total. The van der Waals surface area contributed by atoms with E-state index in [-0.39, 0.29) is 29.1 Å². The number of carbonyl (C=O) groups is 2. The van der Waals surface area contributed by atoms with Crippen molar-refractivity contribution in [2.24, 2.45) is 0 Å². The van der Waals surface area contributed by atoms with Gasteiger partial charge in [-0.25, -0.2) is 13.2 Å². The van der Waals surface area contributed by atoms with Crippen LogP contribution in [0.25, 0.3) is 0 Å². The maximum absolute atomic E-state index is 12.4. The van der Waals surface area contributed by atoms with Crippen LogP contribution in [0.4, 0.5) is 0 Å². The van der Waals surface area contributed by atoms with Crippen molar-refractivity contribution in [1.29, 1.82) is 0 Å². The highest BCUT2D eigenvalue weighted by molar-refractivity contribution is 7.91. The quantitative estimate of drug-likeness (QED) is 0.595. The summed E-state index contributed by atoms with van der Waals surface area (Å²) in [6, 6.07) is 4.57. The molecule has 0 spiro atoms. The lowest BCUT2D eigenvalue weighted by atomic mass is 10.1.